The van der Waals surface area contributed by atoms with Crippen LogP contribution < -0.4 is 5.56 Å². The van der Waals surface area contributed by atoms with Crippen molar-refractivity contribution in [3.63, 3.8) is 0 Å². The molecule has 0 aliphatic carbocycles. The number of halogens is 2. The largest absolute Gasteiger partial charge is 0.453 e. The molecular weight excluding hydrogens is 280 g/mol. The minimum Gasteiger partial charge on any atom is -0.453 e. The molecule has 1 heterocycles. The Hall–Kier alpha value is -2.50. The van der Waals surface area contributed by atoms with Gasteiger partial charge in [-0.25, -0.2) is 13.6 Å². The van der Waals surface area contributed by atoms with Crippen molar-refractivity contribution >= 4 is 5.97 Å². The molecule has 0 aliphatic heterocycles. The van der Waals surface area contributed by atoms with E-state index in [1.54, 1.807) is 6.92 Å². The Bertz CT molecular complexity index is 712. The molecule has 0 saturated carbocycles. The summed E-state index contributed by atoms with van der Waals surface area (Å²) < 4.78 is 31.8. The highest BCUT2D eigenvalue weighted by molar-refractivity contribution is 5.87. The maximum absolute atomic E-state index is 13.7. The predicted molar refractivity (Wildman–Crippen MR) is 71.9 cm³/mol. The molecule has 1 aromatic carbocycles. The molecule has 0 saturated heterocycles. The first kappa shape index (κ1) is 14.9. The van der Waals surface area contributed by atoms with Gasteiger partial charge in [0.1, 0.15) is 23.4 Å². The van der Waals surface area contributed by atoms with Crippen LogP contribution in [0.25, 0.3) is 0 Å². The highest BCUT2D eigenvalue weighted by atomic mass is 19.1. The summed E-state index contributed by atoms with van der Waals surface area (Å²) in [7, 11) is 0. The first-order valence-corrected chi connectivity index (χ1v) is 6.36. The third-order valence-electron chi connectivity index (χ3n) is 2.92. The summed E-state index contributed by atoms with van der Waals surface area (Å²) in [6.07, 6.45) is -0.549. The van der Waals surface area contributed by atoms with E-state index in [0.717, 1.165) is 12.1 Å². The molecule has 0 radical (unpaired) electrons. The normalized spacial score (nSPS) is 12.0. The molecule has 1 atom stereocenters. The minimum absolute atomic E-state index is 0.0246. The van der Waals surface area contributed by atoms with Crippen molar-refractivity contribution in [1.82, 2.24) is 4.98 Å². The number of aromatic nitrogens is 1. The van der Waals surface area contributed by atoms with E-state index in [2.05, 4.69) is 4.98 Å². The van der Waals surface area contributed by atoms with Crippen LogP contribution in [-0.2, 0) is 4.74 Å². The van der Waals surface area contributed by atoms with Gasteiger partial charge in [0.2, 0.25) is 5.56 Å². The molecule has 0 bridgehead atoms. The zero-order valence-electron chi connectivity index (χ0n) is 11.2. The quantitative estimate of drug-likeness (QED) is 0.882. The molecule has 110 valence electrons. The lowest BCUT2D eigenvalue weighted by molar-refractivity contribution is 0.0273. The Morgan fingerprint density at radius 1 is 1.29 bits per heavy atom. The van der Waals surface area contributed by atoms with Crippen LogP contribution in [-0.4, -0.2) is 11.0 Å². The number of ether oxygens (including phenoxy) is 1. The van der Waals surface area contributed by atoms with E-state index in [1.807, 2.05) is 0 Å². The number of hydrogen-bond acceptors (Lipinski definition) is 3. The minimum atomic E-state index is -0.859. The van der Waals surface area contributed by atoms with E-state index in [0.29, 0.717) is 6.42 Å². The number of carbonyl (C=O) groups excluding carboxylic acids is 1. The highest BCUT2D eigenvalue weighted by Crippen LogP contribution is 2.25. The number of H-pyrrole nitrogens is 1. The molecule has 1 unspecified atom stereocenters. The van der Waals surface area contributed by atoms with Gasteiger partial charge in [0, 0.05) is 17.7 Å². The molecule has 0 amide bonds. The second-order valence-corrected chi connectivity index (χ2v) is 4.40. The lowest BCUT2D eigenvalue weighted by Crippen LogP contribution is -2.17. The van der Waals surface area contributed by atoms with E-state index in [1.165, 1.54) is 24.3 Å². The lowest BCUT2D eigenvalue weighted by atomic mass is 10.1. The van der Waals surface area contributed by atoms with Crippen molar-refractivity contribution in [3.05, 3.63) is 69.6 Å². The van der Waals surface area contributed by atoms with Gasteiger partial charge in [-0.15, -0.1) is 0 Å². The number of hydrogen-bond donors (Lipinski definition) is 1. The van der Waals surface area contributed by atoms with Crippen LogP contribution in [0.2, 0.25) is 0 Å². The van der Waals surface area contributed by atoms with Crippen molar-refractivity contribution in [2.45, 2.75) is 19.4 Å². The van der Waals surface area contributed by atoms with Gasteiger partial charge in [-0.05, 0) is 24.6 Å². The number of nitrogens with one attached hydrogen (secondary N) is 1. The summed E-state index contributed by atoms with van der Waals surface area (Å²) in [6.45, 7) is 1.70. The van der Waals surface area contributed by atoms with Gasteiger partial charge in [-0.3, -0.25) is 4.79 Å². The van der Waals surface area contributed by atoms with E-state index < -0.39 is 29.3 Å². The maximum atomic E-state index is 13.7. The SMILES string of the molecule is CCC(OC(=O)c1cccc(=O)[nH]1)c1ccc(F)cc1F. The zero-order chi connectivity index (χ0) is 15.4. The van der Waals surface area contributed by atoms with Crippen molar-refractivity contribution in [2.75, 3.05) is 0 Å². The smallest absolute Gasteiger partial charge is 0.355 e. The summed E-state index contributed by atoms with van der Waals surface area (Å²) in [5.74, 6) is -2.26. The molecule has 2 rings (SSSR count). The topological polar surface area (TPSA) is 59.2 Å². The highest BCUT2D eigenvalue weighted by Gasteiger charge is 2.20. The van der Waals surface area contributed by atoms with Crippen LogP contribution in [0.15, 0.2) is 41.2 Å². The summed E-state index contributed by atoms with van der Waals surface area (Å²) >= 11 is 0. The molecule has 1 aromatic heterocycles. The number of pyridine rings is 1. The molecule has 4 nitrogen and oxygen atoms in total. The van der Waals surface area contributed by atoms with Crippen LogP contribution in [0.1, 0.15) is 35.5 Å². The Balaban J connectivity index is 2.23. The first-order valence-electron chi connectivity index (χ1n) is 6.36. The lowest BCUT2D eigenvalue weighted by Gasteiger charge is -2.17. The summed E-state index contributed by atoms with van der Waals surface area (Å²) in [4.78, 5) is 25.4. The van der Waals surface area contributed by atoms with Crippen molar-refractivity contribution in [2.24, 2.45) is 0 Å². The standard InChI is InChI=1S/C15H13F2NO3/c1-2-13(10-7-6-9(16)8-11(10)17)21-15(20)12-4-3-5-14(19)18-12/h3-8,13H,2H2,1H3,(H,18,19). The van der Waals surface area contributed by atoms with Crippen LogP contribution in [0.3, 0.4) is 0 Å². The molecule has 6 heteroatoms. The van der Waals surface area contributed by atoms with Gasteiger partial charge in [-0.1, -0.05) is 13.0 Å². The van der Waals surface area contributed by atoms with Crippen molar-refractivity contribution in [3.8, 4) is 0 Å². The third-order valence-corrected chi connectivity index (χ3v) is 2.92. The molecular formula is C15H13F2NO3. The molecule has 2 aromatic rings. The zero-order valence-corrected chi connectivity index (χ0v) is 11.2. The number of rotatable bonds is 4. The average molecular weight is 293 g/mol. The number of benzene rings is 1. The summed E-state index contributed by atoms with van der Waals surface area (Å²) in [6, 6.07) is 7.12. The van der Waals surface area contributed by atoms with Crippen LogP contribution in [0, 0.1) is 11.6 Å². The van der Waals surface area contributed by atoms with Gasteiger partial charge in [0.05, 0.1) is 0 Å². The van der Waals surface area contributed by atoms with Gasteiger partial charge in [-0.2, -0.15) is 0 Å². The van der Waals surface area contributed by atoms with Crippen LogP contribution in [0.4, 0.5) is 8.78 Å². The van der Waals surface area contributed by atoms with E-state index in [4.69, 9.17) is 4.74 Å². The van der Waals surface area contributed by atoms with Crippen molar-refractivity contribution in [1.29, 1.82) is 0 Å². The van der Waals surface area contributed by atoms with Gasteiger partial charge in [0.25, 0.3) is 0 Å². The molecule has 0 fully saturated rings. The fourth-order valence-electron chi connectivity index (χ4n) is 1.89. The number of aromatic amines is 1. The second kappa shape index (κ2) is 6.30. The van der Waals surface area contributed by atoms with Gasteiger partial charge < -0.3 is 9.72 Å². The Kier molecular flexibility index (Phi) is 4.47. The van der Waals surface area contributed by atoms with E-state index in [9.17, 15) is 18.4 Å². The van der Waals surface area contributed by atoms with Gasteiger partial charge in [0.15, 0.2) is 0 Å². The molecule has 1 N–H and O–H groups in total. The van der Waals surface area contributed by atoms with E-state index >= 15 is 0 Å². The maximum Gasteiger partial charge on any atom is 0.355 e. The Morgan fingerprint density at radius 3 is 2.67 bits per heavy atom. The van der Waals surface area contributed by atoms with Crippen LogP contribution in [0.5, 0.6) is 0 Å². The van der Waals surface area contributed by atoms with Crippen molar-refractivity contribution < 1.29 is 18.3 Å². The second-order valence-electron chi connectivity index (χ2n) is 4.40. The molecule has 0 spiro atoms. The Labute approximate surface area is 119 Å². The number of carbonyl (C=O) groups is 1. The van der Waals surface area contributed by atoms with E-state index in [-0.39, 0.29) is 11.3 Å². The third kappa shape index (κ3) is 3.53. The fraction of sp³-hybridized carbons (Fsp3) is 0.200. The fourth-order valence-corrected chi connectivity index (χ4v) is 1.89. The van der Waals surface area contributed by atoms with Crippen LogP contribution >= 0.6 is 0 Å². The van der Waals surface area contributed by atoms with Gasteiger partial charge >= 0.3 is 5.97 Å². The predicted octanol–water partition coefficient (Wildman–Crippen LogP) is 2.96. The summed E-state index contributed by atoms with van der Waals surface area (Å²) in [5, 5.41) is 0. The Morgan fingerprint density at radius 2 is 2.05 bits per heavy atom. The number of esters is 1. The average Bonchev–Trinajstić information content (AvgIpc) is 2.45. The molecule has 21 heavy (non-hydrogen) atoms. The molecule has 0 aliphatic rings. The first-order chi connectivity index (χ1) is 10.0. The summed E-state index contributed by atoms with van der Waals surface area (Å²) in [5.41, 5.74) is -0.376. The monoisotopic (exact) mass is 293 g/mol.